The van der Waals surface area contributed by atoms with Gasteiger partial charge in [0.2, 0.25) is 5.91 Å². The third-order valence-corrected chi connectivity index (χ3v) is 3.92. The summed E-state index contributed by atoms with van der Waals surface area (Å²) in [5.74, 6) is -2.47. The van der Waals surface area contributed by atoms with Gasteiger partial charge in [-0.05, 0) is 17.2 Å². The van der Waals surface area contributed by atoms with Gasteiger partial charge in [0, 0.05) is 6.08 Å². The van der Waals surface area contributed by atoms with E-state index in [0.29, 0.717) is 0 Å². The van der Waals surface area contributed by atoms with Crippen LogP contribution < -0.4 is 5.32 Å². The minimum Gasteiger partial charge on any atom is -0.481 e. The maximum absolute atomic E-state index is 11.5. The smallest absolute Gasteiger partial charge is 0.328 e. The molecule has 0 aliphatic carbocycles. The number of carboxylic acids is 2. The molecule has 0 bridgehead atoms. The normalized spacial score (nSPS) is 19.2. The molecular formula is C15H13N3O5S. The predicted molar refractivity (Wildman–Crippen MR) is 89.9 cm³/mol. The van der Waals surface area contributed by atoms with Crippen LogP contribution in [0.5, 0.6) is 0 Å². The Kier molecular flexibility index (Phi) is 5.85. The summed E-state index contributed by atoms with van der Waals surface area (Å²) in [5, 5.41) is 26.9. The second kappa shape index (κ2) is 8.06. The van der Waals surface area contributed by atoms with Crippen LogP contribution >= 0.6 is 11.8 Å². The van der Waals surface area contributed by atoms with Gasteiger partial charge in [0.15, 0.2) is 5.17 Å². The molecule has 1 aromatic rings. The van der Waals surface area contributed by atoms with Gasteiger partial charge in [-0.1, -0.05) is 36.0 Å². The van der Waals surface area contributed by atoms with Crippen LogP contribution in [0.15, 0.2) is 40.5 Å². The van der Waals surface area contributed by atoms with Crippen molar-refractivity contribution >= 4 is 47.1 Å². The van der Waals surface area contributed by atoms with Gasteiger partial charge in [0.1, 0.15) is 5.25 Å². The third kappa shape index (κ3) is 5.36. The summed E-state index contributed by atoms with van der Waals surface area (Å²) < 4.78 is 0. The van der Waals surface area contributed by atoms with E-state index in [1.54, 1.807) is 24.3 Å². The van der Waals surface area contributed by atoms with Crippen LogP contribution in [-0.4, -0.2) is 44.7 Å². The van der Waals surface area contributed by atoms with Gasteiger partial charge < -0.3 is 15.5 Å². The molecule has 1 atom stereocenters. The van der Waals surface area contributed by atoms with Crippen molar-refractivity contribution in [2.75, 3.05) is 0 Å². The molecule has 8 nitrogen and oxygen atoms in total. The van der Waals surface area contributed by atoms with Crippen LogP contribution in [0, 0.1) is 0 Å². The number of benzene rings is 1. The van der Waals surface area contributed by atoms with Crippen LogP contribution in [0.2, 0.25) is 0 Å². The first-order chi connectivity index (χ1) is 11.4. The summed E-state index contributed by atoms with van der Waals surface area (Å²) in [6.07, 6.45) is 3.71. The number of amidine groups is 1. The molecule has 2 rings (SSSR count). The van der Waals surface area contributed by atoms with Crippen molar-refractivity contribution in [1.82, 2.24) is 5.32 Å². The fraction of sp³-hybridized carbons (Fsp3) is 0.133. The minimum absolute atomic E-state index is 0.253. The summed E-state index contributed by atoms with van der Waals surface area (Å²) >= 11 is 1.02. The maximum Gasteiger partial charge on any atom is 0.328 e. The second-order valence-electron chi connectivity index (χ2n) is 4.68. The van der Waals surface area contributed by atoms with Gasteiger partial charge in [-0.25, -0.2) is 4.79 Å². The fourth-order valence-corrected chi connectivity index (χ4v) is 2.67. The third-order valence-electron chi connectivity index (χ3n) is 2.85. The standard InChI is InChI=1S/C15H13N3O5S/c19-12(20)6-5-9-1-3-10(4-2-9)8-16-18-15-17-14(23)11(24-15)7-13(21)22/h1-6,8,11H,7H2,(H,19,20)(H,21,22)(H,17,18,23). The van der Waals surface area contributed by atoms with Crippen LogP contribution in [-0.2, 0) is 14.4 Å². The van der Waals surface area contributed by atoms with Crippen molar-refractivity contribution in [2.24, 2.45) is 10.2 Å². The Balaban J connectivity index is 1.95. The zero-order valence-corrected chi connectivity index (χ0v) is 13.1. The van der Waals surface area contributed by atoms with Gasteiger partial charge in [-0.3, -0.25) is 9.59 Å². The number of hydrogen-bond acceptors (Lipinski definition) is 6. The van der Waals surface area contributed by atoms with Crippen molar-refractivity contribution in [1.29, 1.82) is 0 Å². The van der Waals surface area contributed by atoms with E-state index in [2.05, 4.69) is 15.5 Å². The zero-order valence-electron chi connectivity index (χ0n) is 12.2. The number of thioether (sulfide) groups is 1. The first kappa shape index (κ1) is 17.4. The number of nitrogens with zero attached hydrogens (tertiary/aromatic N) is 2. The van der Waals surface area contributed by atoms with Crippen LogP contribution in [0.3, 0.4) is 0 Å². The maximum atomic E-state index is 11.5. The number of carbonyl (C=O) groups excluding carboxylic acids is 1. The molecule has 0 aromatic heterocycles. The van der Waals surface area contributed by atoms with Crippen LogP contribution in [0.4, 0.5) is 0 Å². The molecular weight excluding hydrogens is 334 g/mol. The highest BCUT2D eigenvalue weighted by atomic mass is 32.2. The van der Waals surface area contributed by atoms with E-state index in [4.69, 9.17) is 10.2 Å². The molecule has 0 radical (unpaired) electrons. The fourth-order valence-electron chi connectivity index (χ4n) is 1.75. The average Bonchev–Trinajstić information content (AvgIpc) is 2.85. The molecule has 1 aliphatic heterocycles. The number of rotatable bonds is 6. The van der Waals surface area contributed by atoms with E-state index in [1.165, 1.54) is 12.3 Å². The largest absolute Gasteiger partial charge is 0.481 e. The SMILES string of the molecule is O=C(O)C=Cc1ccc(C=NN=C2NC(=O)C(CC(=O)O)S2)cc1. The first-order valence-electron chi connectivity index (χ1n) is 6.75. The molecule has 124 valence electrons. The molecule has 1 unspecified atom stereocenters. The van der Waals surface area contributed by atoms with Gasteiger partial charge in [-0.2, -0.15) is 5.10 Å². The van der Waals surface area contributed by atoms with Crippen molar-refractivity contribution in [3.63, 3.8) is 0 Å². The van der Waals surface area contributed by atoms with Crippen molar-refractivity contribution < 1.29 is 24.6 Å². The molecule has 1 aliphatic rings. The highest BCUT2D eigenvalue weighted by molar-refractivity contribution is 8.15. The lowest BCUT2D eigenvalue weighted by Crippen LogP contribution is -2.26. The Hall–Kier alpha value is -2.94. The molecule has 0 saturated carbocycles. The lowest BCUT2D eigenvalue weighted by Gasteiger charge is -1.97. The Morgan fingerprint density at radius 3 is 2.50 bits per heavy atom. The quantitative estimate of drug-likeness (QED) is 0.403. The van der Waals surface area contributed by atoms with E-state index in [9.17, 15) is 14.4 Å². The molecule has 3 N–H and O–H groups in total. The van der Waals surface area contributed by atoms with Gasteiger partial charge >= 0.3 is 11.9 Å². The van der Waals surface area contributed by atoms with E-state index in [-0.39, 0.29) is 11.6 Å². The highest BCUT2D eigenvalue weighted by Gasteiger charge is 2.32. The topological polar surface area (TPSA) is 128 Å². The Morgan fingerprint density at radius 1 is 1.21 bits per heavy atom. The zero-order chi connectivity index (χ0) is 17.5. The summed E-state index contributed by atoms with van der Waals surface area (Å²) in [7, 11) is 0. The minimum atomic E-state index is -1.05. The number of aliphatic carboxylic acids is 2. The highest BCUT2D eigenvalue weighted by Crippen LogP contribution is 2.22. The average molecular weight is 347 g/mol. The molecule has 1 aromatic carbocycles. The Labute approximate surface area is 141 Å². The molecule has 1 heterocycles. The number of hydrogen-bond donors (Lipinski definition) is 3. The summed E-state index contributed by atoms with van der Waals surface area (Å²) in [6.45, 7) is 0. The Bertz CT molecular complexity index is 740. The van der Waals surface area contributed by atoms with Gasteiger partial charge in [0.25, 0.3) is 0 Å². The summed E-state index contributed by atoms with van der Waals surface area (Å²) in [5.41, 5.74) is 1.47. The molecule has 1 amide bonds. The van der Waals surface area contributed by atoms with Crippen molar-refractivity contribution in [2.45, 2.75) is 11.7 Å². The van der Waals surface area contributed by atoms with E-state index < -0.39 is 23.1 Å². The van der Waals surface area contributed by atoms with Gasteiger partial charge in [0.05, 0.1) is 12.6 Å². The number of nitrogens with one attached hydrogen (secondary N) is 1. The molecule has 1 saturated heterocycles. The second-order valence-corrected chi connectivity index (χ2v) is 5.87. The molecule has 24 heavy (non-hydrogen) atoms. The number of amides is 1. The summed E-state index contributed by atoms with van der Waals surface area (Å²) in [6, 6.07) is 6.92. The van der Waals surface area contributed by atoms with Gasteiger partial charge in [-0.15, -0.1) is 5.10 Å². The first-order valence-corrected chi connectivity index (χ1v) is 7.63. The number of carbonyl (C=O) groups is 3. The summed E-state index contributed by atoms with van der Waals surface area (Å²) in [4.78, 5) is 32.6. The Morgan fingerprint density at radius 2 is 1.88 bits per heavy atom. The monoisotopic (exact) mass is 347 g/mol. The van der Waals surface area contributed by atoms with Crippen LogP contribution in [0.1, 0.15) is 17.5 Å². The lowest BCUT2D eigenvalue weighted by molar-refractivity contribution is -0.138. The van der Waals surface area contributed by atoms with Crippen molar-refractivity contribution in [3.05, 3.63) is 41.5 Å². The van der Waals surface area contributed by atoms with Crippen molar-refractivity contribution in [3.8, 4) is 0 Å². The van der Waals surface area contributed by atoms with E-state index in [0.717, 1.165) is 29.0 Å². The molecule has 1 fully saturated rings. The predicted octanol–water partition coefficient (Wildman–Crippen LogP) is 1.18. The van der Waals surface area contributed by atoms with Crippen LogP contribution in [0.25, 0.3) is 6.08 Å². The lowest BCUT2D eigenvalue weighted by atomic mass is 10.1. The van der Waals surface area contributed by atoms with E-state index in [1.807, 2.05) is 0 Å². The molecule has 9 heteroatoms. The number of carboxylic acid groups (broad SMARTS) is 2. The van der Waals surface area contributed by atoms with E-state index >= 15 is 0 Å². The molecule has 0 spiro atoms.